The molecule has 0 fully saturated rings. The maximum Gasteiger partial charge on any atom is 0.152 e. The van der Waals surface area contributed by atoms with Crippen LogP contribution in [0.15, 0.2) is 0 Å². The van der Waals surface area contributed by atoms with E-state index >= 15 is 0 Å². The average Bonchev–Trinajstić information content (AvgIpc) is 2.25. The van der Waals surface area contributed by atoms with Crippen LogP contribution in [-0.2, 0) is 9.84 Å². The first-order valence-electron chi connectivity index (χ1n) is 7.21. The highest BCUT2D eigenvalue weighted by atomic mass is 32.2. The zero-order valence-electron chi connectivity index (χ0n) is 12.7. The molecule has 1 atom stereocenters. The molecule has 0 heterocycles. The van der Waals surface area contributed by atoms with Crippen molar-refractivity contribution in [2.24, 2.45) is 11.8 Å². The summed E-state index contributed by atoms with van der Waals surface area (Å²) < 4.78 is 23.7. The Morgan fingerprint density at radius 1 is 1.11 bits per heavy atom. The zero-order valence-corrected chi connectivity index (χ0v) is 13.5. The lowest BCUT2D eigenvalue weighted by atomic mass is 9.95. The van der Waals surface area contributed by atoms with Gasteiger partial charge in [-0.15, -0.1) is 0 Å². The van der Waals surface area contributed by atoms with Gasteiger partial charge in [-0.25, -0.2) is 8.42 Å². The Bertz CT molecular complexity index is 297. The molecule has 0 saturated heterocycles. The zero-order chi connectivity index (χ0) is 14.2. The lowest BCUT2D eigenvalue weighted by Crippen LogP contribution is -2.27. The first-order chi connectivity index (χ1) is 8.29. The summed E-state index contributed by atoms with van der Waals surface area (Å²) in [6, 6.07) is 0. The van der Waals surface area contributed by atoms with Crippen molar-refractivity contribution >= 4 is 9.84 Å². The first-order valence-corrected chi connectivity index (χ1v) is 8.93. The topological polar surface area (TPSA) is 46.2 Å². The van der Waals surface area contributed by atoms with Crippen LogP contribution in [0.25, 0.3) is 0 Å². The van der Waals surface area contributed by atoms with Crippen LogP contribution in [0, 0.1) is 11.8 Å². The third-order valence-electron chi connectivity index (χ3n) is 3.19. The van der Waals surface area contributed by atoms with E-state index < -0.39 is 9.84 Å². The van der Waals surface area contributed by atoms with Gasteiger partial charge in [-0.2, -0.15) is 0 Å². The van der Waals surface area contributed by atoms with E-state index in [9.17, 15) is 8.42 Å². The van der Waals surface area contributed by atoms with E-state index in [1.807, 2.05) is 0 Å². The third-order valence-corrected chi connectivity index (χ3v) is 5.43. The lowest BCUT2D eigenvalue weighted by molar-refractivity contribution is 0.378. The maximum absolute atomic E-state index is 11.8. The molecule has 0 aliphatic rings. The number of hydrogen-bond donors (Lipinski definition) is 1. The number of hydrogen-bond acceptors (Lipinski definition) is 3. The van der Waals surface area contributed by atoms with Crippen LogP contribution in [0.4, 0.5) is 0 Å². The van der Waals surface area contributed by atoms with Gasteiger partial charge in [-0.3, -0.25) is 0 Å². The Kier molecular flexibility index (Phi) is 8.87. The molecule has 0 aliphatic heterocycles. The Balaban J connectivity index is 4.23. The van der Waals surface area contributed by atoms with Crippen molar-refractivity contribution in [1.29, 1.82) is 0 Å². The first kappa shape index (κ1) is 17.9. The largest absolute Gasteiger partial charge is 0.316 e. The van der Waals surface area contributed by atoms with Crippen molar-refractivity contribution in [2.75, 3.05) is 18.8 Å². The molecule has 0 aromatic carbocycles. The Labute approximate surface area is 114 Å². The van der Waals surface area contributed by atoms with Crippen LogP contribution in [0.3, 0.4) is 0 Å². The van der Waals surface area contributed by atoms with Gasteiger partial charge in [0, 0.05) is 0 Å². The molecule has 0 radical (unpaired) electrons. The predicted molar refractivity (Wildman–Crippen MR) is 79.6 cm³/mol. The lowest BCUT2D eigenvalue weighted by Gasteiger charge is -2.20. The molecule has 0 spiro atoms. The van der Waals surface area contributed by atoms with Crippen LogP contribution >= 0.6 is 0 Å². The van der Waals surface area contributed by atoms with Gasteiger partial charge < -0.3 is 5.32 Å². The molecule has 1 unspecified atom stereocenters. The second-order valence-corrected chi connectivity index (χ2v) is 8.58. The third kappa shape index (κ3) is 8.09. The summed E-state index contributed by atoms with van der Waals surface area (Å²) in [7, 11) is -2.89. The number of nitrogens with one attached hydrogen (secondary N) is 1. The van der Waals surface area contributed by atoms with Crippen molar-refractivity contribution in [2.45, 2.75) is 59.1 Å². The van der Waals surface area contributed by atoms with Gasteiger partial charge in [0.15, 0.2) is 9.84 Å². The molecule has 0 saturated carbocycles. The van der Waals surface area contributed by atoms with Crippen molar-refractivity contribution in [1.82, 2.24) is 5.32 Å². The van der Waals surface area contributed by atoms with E-state index in [1.165, 1.54) is 0 Å². The second kappa shape index (κ2) is 8.92. The van der Waals surface area contributed by atoms with E-state index in [1.54, 1.807) is 13.8 Å². The minimum absolute atomic E-state index is 0.249. The van der Waals surface area contributed by atoms with E-state index in [2.05, 4.69) is 26.1 Å². The van der Waals surface area contributed by atoms with Gasteiger partial charge in [0.25, 0.3) is 0 Å². The van der Waals surface area contributed by atoms with Gasteiger partial charge in [0.1, 0.15) is 0 Å². The average molecular weight is 277 g/mol. The molecule has 110 valence electrons. The monoisotopic (exact) mass is 277 g/mol. The summed E-state index contributed by atoms with van der Waals surface area (Å²) in [5.74, 6) is 1.43. The Morgan fingerprint density at radius 2 is 1.72 bits per heavy atom. The summed E-state index contributed by atoms with van der Waals surface area (Å²) in [5.41, 5.74) is 0. The predicted octanol–water partition coefficient (Wildman–Crippen LogP) is 2.86. The summed E-state index contributed by atoms with van der Waals surface area (Å²) in [6.45, 7) is 12.0. The van der Waals surface area contributed by atoms with Crippen LogP contribution in [0.2, 0.25) is 0 Å². The van der Waals surface area contributed by atoms with E-state index in [4.69, 9.17) is 0 Å². The minimum atomic E-state index is -2.89. The molecule has 4 heteroatoms. The highest BCUT2D eigenvalue weighted by molar-refractivity contribution is 7.91. The number of sulfone groups is 1. The summed E-state index contributed by atoms with van der Waals surface area (Å²) in [4.78, 5) is 0. The van der Waals surface area contributed by atoms with Crippen molar-refractivity contribution in [3.8, 4) is 0 Å². The summed E-state index contributed by atoms with van der Waals surface area (Å²) in [5, 5.41) is 3.16. The van der Waals surface area contributed by atoms with Crippen molar-refractivity contribution in [3.05, 3.63) is 0 Å². The fraction of sp³-hybridized carbons (Fsp3) is 1.00. The molecule has 18 heavy (non-hydrogen) atoms. The second-order valence-electron chi connectivity index (χ2n) is 5.90. The van der Waals surface area contributed by atoms with Gasteiger partial charge in [-0.05, 0) is 58.0 Å². The SMILES string of the molecule is CCCNCC(CCS(=O)(=O)C(C)C)CC(C)C. The van der Waals surface area contributed by atoms with Crippen LogP contribution in [-0.4, -0.2) is 32.5 Å². The molecule has 0 aromatic rings. The molecule has 1 N–H and O–H groups in total. The van der Waals surface area contributed by atoms with Gasteiger partial charge in [0.2, 0.25) is 0 Å². The molecule has 0 rings (SSSR count). The van der Waals surface area contributed by atoms with Gasteiger partial charge >= 0.3 is 0 Å². The molecule has 0 aliphatic carbocycles. The molecular weight excluding hydrogens is 246 g/mol. The maximum atomic E-state index is 11.8. The standard InChI is InChI=1S/C14H31NO2S/c1-6-8-15-11-14(10-12(2)3)7-9-18(16,17)13(4)5/h12-15H,6-11H2,1-5H3. The Morgan fingerprint density at radius 3 is 2.17 bits per heavy atom. The highest BCUT2D eigenvalue weighted by Crippen LogP contribution is 2.17. The molecule has 0 amide bonds. The molecule has 3 nitrogen and oxygen atoms in total. The molecular formula is C14H31NO2S. The fourth-order valence-corrected chi connectivity index (χ4v) is 3.15. The van der Waals surface area contributed by atoms with Crippen LogP contribution in [0.5, 0.6) is 0 Å². The Hall–Kier alpha value is -0.0900. The summed E-state index contributed by atoms with van der Waals surface area (Å²) >= 11 is 0. The summed E-state index contributed by atoms with van der Waals surface area (Å²) in [6.07, 6.45) is 3.01. The molecule has 0 aromatic heterocycles. The van der Waals surface area contributed by atoms with E-state index in [0.717, 1.165) is 32.4 Å². The smallest absolute Gasteiger partial charge is 0.152 e. The van der Waals surface area contributed by atoms with Crippen LogP contribution in [0.1, 0.15) is 53.9 Å². The van der Waals surface area contributed by atoms with E-state index in [-0.39, 0.29) is 5.25 Å². The van der Waals surface area contributed by atoms with Gasteiger partial charge in [0.05, 0.1) is 11.0 Å². The highest BCUT2D eigenvalue weighted by Gasteiger charge is 2.19. The van der Waals surface area contributed by atoms with Crippen molar-refractivity contribution in [3.63, 3.8) is 0 Å². The number of rotatable bonds is 10. The minimum Gasteiger partial charge on any atom is -0.316 e. The van der Waals surface area contributed by atoms with Crippen LogP contribution < -0.4 is 5.32 Å². The quantitative estimate of drug-likeness (QED) is 0.625. The normalized spacial score (nSPS) is 14.4. The molecule has 0 bridgehead atoms. The van der Waals surface area contributed by atoms with E-state index in [0.29, 0.717) is 17.6 Å². The van der Waals surface area contributed by atoms with Crippen molar-refractivity contribution < 1.29 is 8.42 Å². The fourth-order valence-electron chi connectivity index (χ4n) is 2.02. The van der Waals surface area contributed by atoms with Gasteiger partial charge in [-0.1, -0.05) is 20.8 Å².